The number of ether oxygens (including phenoxy) is 1. The van der Waals surface area contributed by atoms with Crippen molar-refractivity contribution in [3.8, 4) is 0 Å². The van der Waals surface area contributed by atoms with Gasteiger partial charge >= 0.3 is 0 Å². The monoisotopic (exact) mass is 226 g/mol. The highest BCUT2D eigenvalue weighted by atomic mass is 16.5. The minimum Gasteiger partial charge on any atom is -0.381 e. The van der Waals surface area contributed by atoms with Gasteiger partial charge in [-0.3, -0.25) is 4.90 Å². The minimum absolute atomic E-state index is 0.558. The van der Waals surface area contributed by atoms with Crippen molar-refractivity contribution in [2.45, 2.75) is 38.6 Å². The van der Waals surface area contributed by atoms with E-state index in [1.807, 2.05) is 0 Å². The zero-order chi connectivity index (χ0) is 11.4. The summed E-state index contributed by atoms with van der Waals surface area (Å²) in [6.07, 6.45) is 5.29. The maximum Gasteiger partial charge on any atom is 0.0510 e. The lowest BCUT2D eigenvalue weighted by atomic mass is 9.97. The van der Waals surface area contributed by atoms with Crippen LogP contribution >= 0.6 is 0 Å². The van der Waals surface area contributed by atoms with E-state index in [4.69, 9.17) is 10.5 Å². The molecule has 2 rings (SSSR count). The fraction of sp³-hybridized carbons (Fsp3) is 1.00. The standard InChI is InChI=1S/C13H26N2O/c1-2-6-15(9-11-3-4-11)13(8-14)12-5-7-16-10-12/h11-13H,2-10,14H2,1H3. The number of nitrogens with zero attached hydrogens (tertiary/aromatic N) is 1. The summed E-state index contributed by atoms with van der Waals surface area (Å²) in [5.74, 6) is 1.64. The number of rotatable bonds is 7. The molecule has 2 fully saturated rings. The molecular weight excluding hydrogens is 200 g/mol. The first-order valence-corrected chi connectivity index (χ1v) is 6.87. The van der Waals surface area contributed by atoms with Crippen LogP contribution in [0.1, 0.15) is 32.6 Å². The molecule has 0 aromatic carbocycles. The Labute approximate surface area is 99.3 Å². The Morgan fingerprint density at radius 1 is 1.38 bits per heavy atom. The molecule has 3 nitrogen and oxygen atoms in total. The summed E-state index contributed by atoms with van der Waals surface area (Å²) in [6.45, 7) is 7.39. The molecule has 0 spiro atoms. The molecule has 2 atom stereocenters. The molecule has 0 radical (unpaired) electrons. The van der Waals surface area contributed by atoms with E-state index in [1.165, 1.54) is 38.8 Å². The molecule has 0 amide bonds. The molecule has 0 aromatic heterocycles. The van der Waals surface area contributed by atoms with Crippen molar-refractivity contribution in [1.82, 2.24) is 4.90 Å². The fourth-order valence-corrected chi connectivity index (χ4v) is 2.81. The Morgan fingerprint density at radius 2 is 2.19 bits per heavy atom. The summed E-state index contributed by atoms with van der Waals surface area (Å²) in [5.41, 5.74) is 5.98. The van der Waals surface area contributed by atoms with Crippen LogP contribution in [0.2, 0.25) is 0 Å². The predicted octanol–water partition coefficient (Wildman–Crippen LogP) is 1.47. The Bertz CT molecular complexity index is 200. The Balaban J connectivity index is 1.90. The average molecular weight is 226 g/mol. The summed E-state index contributed by atoms with van der Waals surface area (Å²) in [5, 5.41) is 0. The molecule has 2 aliphatic rings. The van der Waals surface area contributed by atoms with E-state index in [0.717, 1.165) is 25.7 Å². The Hall–Kier alpha value is -0.120. The van der Waals surface area contributed by atoms with E-state index in [2.05, 4.69) is 11.8 Å². The second-order valence-electron chi connectivity index (χ2n) is 5.37. The van der Waals surface area contributed by atoms with Gasteiger partial charge in [-0.25, -0.2) is 0 Å². The highest BCUT2D eigenvalue weighted by molar-refractivity contribution is 4.86. The largest absolute Gasteiger partial charge is 0.381 e. The third-order valence-corrected chi connectivity index (χ3v) is 3.92. The quantitative estimate of drug-likeness (QED) is 0.714. The first-order chi connectivity index (χ1) is 7.85. The maximum absolute atomic E-state index is 5.98. The maximum atomic E-state index is 5.98. The smallest absolute Gasteiger partial charge is 0.0510 e. The van der Waals surface area contributed by atoms with Gasteiger partial charge in [0.15, 0.2) is 0 Å². The van der Waals surface area contributed by atoms with Crippen LogP contribution in [0.25, 0.3) is 0 Å². The zero-order valence-corrected chi connectivity index (χ0v) is 10.5. The molecular formula is C13H26N2O. The molecule has 0 bridgehead atoms. The Morgan fingerprint density at radius 3 is 2.69 bits per heavy atom. The molecule has 1 saturated carbocycles. The minimum atomic E-state index is 0.558. The van der Waals surface area contributed by atoms with Crippen molar-refractivity contribution in [2.75, 3.05) is 32.8 Å². The van der Waals surface area contributed by atoms with Crippen molar-refractivity contribution in [2.24, 2.45) is 17.6 Å². The lowest BCUT2D eigenvalue weighted by molar-refractivity contribution is 0.117. The molecule has 1 aliphatic carbocycles. The van der Waals surface area contributed by atoms with Gasteiger partial charge in [-0.05, 0) is 38.1 Å². The topological polar surface area (TPSA) is 38.5 Å². The van der Waals surface area contributed by atoms with Gasteiger partial charge in [-0.1, -0.05) is 6.92 Å². The van der Waals surface area contributed by atoms with Gasteiger partial charge in [0.05, 0.1) is 6.61 Å². The SMILES string of the molecule is CCCN(CC1CC1)C(CN)C1CCOC1. The van der Waals surface area contributed by atoms with E-state index in [-0.39, 0.29) is 0 Å². The average Bonchev–Trinajstić information content (AvgIpc) is 2.94. The molecule has 1 heterocycles. The summed E-state index contributed by atoms with van der Waals surface area (Å²) in [7, 11) is 0. The van der Waals surface area contributed by atoms with Crippen LogP contribution in [0.3, 0.4) is 0 Å². The van der Waals surface area contributed by atoms with Gasteiger partial charge < -0.3 is 10.5 Å². The van der Waals surface area contributed by atoms with E-state index in [1.54, 1.807) is 0 Å². The second kappa shape index (κ2) is 5.99. The van der Waals surface area contributed by atoms with Crippen molar-refractivity contribution in [3.05, 3.63) is 0 Å². The Kier molecular flexibility index (Phi) is 4.62. The van der Waals surface area contributed by atoms with Crippen LogP contribution < -0.4 is 5.73 Å². The summed E-state index contributed by atoms with van der Waals surface area (Å²) < 4.78 is 5.51. The van der Waals surface area contributed by atoms with Gasteiger partial charge in [0.1, 0.15) is 0 Å². The van der Waals surface area contributed by atoms with E-state index in [0.29, 0.717) is 12.0 Å². The van der Waals surface area contributed by atoms with Crippen molar-refractivity contribution >= 4 is 0 Å². The lowest BCUT2D eigenvalue weighted by Crippen LogP contribution is -2.47. The zero-order valence-electron chi connectivity index (χ0n) is 10.5. The van der Waals surface area contributed by atoms with Gasteiger partial charge in [0.25, 0.3) is 0 Å². The van der Waals surface area contributed by atoms with Crippen LogP contribution in [-0.4, -0.2) is 43.8 Å². The fourth-order valence-electron chi connectivity index (χ4n) is 2.81. The van der Waals surface area contributed by atoms with Crippen LogP contribution in [0.5, 0.6) is 0 Å². The van der Waals surface area contributed by atoms with Crippen LogP contribution in [-0.2, 0) is 4.74 Å². The predicted molar refractivity (Wildman–Crippen MR) is 66.4 cm³/mol. The molecule has 0 aromatic rings. The van der Waals surface area contributed by atoms with Crippen molar-refractivity contribution < 1.29 is 4.74 Å². The van der Waals surface area contributed by atoms with Gasteiger partial charge in [-0.15, -0.1) is 0 Å². The van der Waals surface area contributed by atoms with Gasteiger partial charge in [0, 0.05) is 31.7 Å². The van der Waals surface area contributed by atoms with Crippen LogP contribution in [0, 0.1) is 11.8 Å². The molecule has 94 valence electrons. The lowest BCUT2D eigenvalue weighted by Gasteiger charge is -2.34. The number of nitrogens with two attached hydrogens (primary N) is 1. The number of hydrogen-bond donors (Lipinski definition) is 1. The molecule has 2 N–H and O–H groups in total. The van der Waals surface area contributed by atoms with Gasteiger partial charge in [0.2, 0.25) is 0 Å². The first kappa shape index (κ1) is 12.3. The van der Waals surface area contributed by atoms with E-state index in [9.17, 15) is 0 Å². The molecule has 1 aliphatic heterocycles. The normalized spacial score (nSPS) is 27.6. The molecule has 3 heteroatoms. The summed E-state index contributed by atoms with van der Waals surface area (Å²) in [6, 6.07) is 0.558. The number of hydrogen-bond acceptors (Lipinski definition) is 3. The summed E-state index contributed by atoms with van der Waals surface area (Å²) in [4.78, 5) is 2.64. The second-order valence-corrected chi connectivity index (χ2v) is 5.37. The summed E-state index contributed by atoms with van der Waals surface area (Å²) >= 11 is 0. The van der Waals surface area contributed by atoms with Crippen LogP contribution in [0.4, 0.5) is 0 Å². The van der Waals surface area contributed by atoms with Crippen LogP contribution in [0.15, 0.2) is 0 Å². The third-order valence-electron chi connectivity index (χ3n) is 3.92. The molecule has 16 heavy (non-hydrogen) atoms. The van der Waals surface area contributed by atoms with Gasteiger partial charge in [-0.2, -0.15) is 0 Å². The van der Waals surface area contributed by atoms with Crippen molar-refractivity contribution in [1.29, 1.82) is 0 Å². The van der Waals surface area contributed by atoms with E-state index >= 15 is 0 Å². The van der Waals surface area contributed by atoms with Crippen molar-refractivity contribution in [3.63, 3.8) is 0 Å². The van der Waals surface area contributed by atoms with E-state index < -0.39 is 0 Å². The highest BCUT2D eigenvalue weighted by Gasteiger charge is 2.32. The third kappa shape index (κ3) is 3.19. The molecule has 1 saturated heterocycles. The highest BCUT2D eigenvalue weighted by Crippen LogP contribution is 2.32. The molecule has 2 unspecified atom stereocenters. The first-order valence-electron chi connectivity index (χ1n) is 6.87.